The molecule has 3 saturated heterocycles. The molecule has 1 aromatic rings. The third-order valence-electron chi connectivity index (χ3n) is 7.86. The van der Waals surface area contributed by atoms with Gasteiger partial charge in [0, 0.05) is 19.0 Å². The largest absolute Gasteiger partial charge is 0.481 e. The fourth-order valence-electron chi connectivity index (χ4n) is 5.83. The van der Waals surface area contributed by atoms with Gasteiger partial charge >= 0.3 is 5.97 Å². The number of piperidine rings is 3. The van der Waals surface area contributed by atoms with Gasteiger partial charge in [-0.15, -0.1) is 0 Å². The average Bonchev–Trinajstić information content (AvgIpc) is 3.09. The second-order valence-corrected chi connectivity index (χ2v) is 9.98. The van der Waals surface area contributed by atoms with Crippen molar-refractivity contribution in [3.05, 3.63) is 34.9 Å². The SMILES string of the molecule is O=C1CCC(N2C(=O)c3ccc(CN4CCC(N5CCC(C(=O)O)CC5)CC4)cc3C2=O)C(=O)N1. The summed E-state index contributed by atoms with van der Waals surface area (Å²) in [4.78, 5) is 66.6. The van der Waals surface area contributed by atoms with Crippen LogP contribution in [0.25, 0.3) is 0 Å². The Kier molecular flexibility index (Phi) is 6.41. The molecule has 186 valence electrons. The number of nitrogens with zero attached hydrogens (tertiary/aromatic N) is 3. The molecule has 0 spiro atoms. The van der Waals surface area contributed by atoms with Crippen LogP contribution in [-0.4, -0.2) is 87.7 Å². The molecule has 1 atom stereocenters. The molecule has 5 rings (SSSR count). The van der Waals surface area contributed by atoms with Gasteiger partial charge in [-0.1, -0.05) is 6.07 Å². The van der Waals surface area contributed by atoms with Gasteiger partial charge in [0.2, 0.25) is 11.8 Å². The molecular weight excluding hydrogens is 452 g/mol. The van der Waals surface area contributed by atoms with E-state index in [1.54, 1.807) is 12.1 Å². The summed E-state index contributed by atoms with van der Waals surface area (Å²) in [5.74, 6) is -2.87. The maximum absolute atomic E-state index is 13.0. The highest BCUT2D eigenvalue weighted by Gasteiger charge is 2.44. The molecule has 10 heteroatoms. The number of benzene rings is 1. The highest BCUT2D eigenvalue weighted by molar-refractivity contribution is 6.23. The molecule has 10 nitrogen and oxygen atoms in total. The molecule has 0 bridgehead atoms. The van der Waals surface area contributed by atoms with E-state index in [1.807, 2.05) is 6.07 Å². The van der Waals surface area contributed by atoms with Crippen LogP contribution in [0.5, 0.6) is 0 Å². The second kappa shape index (κ2) is 9.50. The zero-order chi connectivity index (χ0) is 24.7. The number of likely N-dealkylation sites (tertiary alicyclic amines) is 2. The van der Waals surface area contributed by atoms with Crippen molar-refractivity contribution in [3.8, 4) is 0 Å². The van der Waals surface area contributed by atoms with Gasteiger partial charge in [-0.2, -0.15) is 0 Å². The predicted octanol–water partition coefficient (Wildman–Crippen LogP) is 0.849. The molecule has 2 N–H and O–H groups in total. The fraction of sp³-hybridized carbons (Fsp3) is 0.560. The number of imide groups is 2. The van der Waals surface area contributed by atoms with E-state index in [4.69, 9.17) is 0 Å². The van der Waals surface area contributed by atoms with Crippen LogP contribution in [0.15, 0.2) is 18.2 Å². The summed E-state index contributed by atoms with van der Waals surface area (Å²) in [6.07, 6.45) is 3.71. The number of hydrogen-bond donors (Lipinski definition) is 2. The second-order valence-electron chi connectivity index (χ2n) is 9.98. The minimum atomic E-state index is -0.955. The first kappa shape index (κ1) is 23.6. The van der Waals surface area contributed by atoms with E-state index in [9.17, 15) is 29.1 Å². The molecule has 3 fully saturated rings. The van der Waals surface area contributed by atoms with Gasteiger partial charge in [-0.3, -0.25) is 39.1 Å². The van der Waals surface area contributed by atoms with Gasteiger partial charge in [0.15, 0.2) is 0 Å². The molecule has 4 aliphatic heterocycles. The quantitative estimate of drug-likeness (QED) is 0.592. The van der Waals surface area contributed by atoms with Gasteiger partial charge in [0.25, 0.3) is 11.8 Å². The smallest absolute Gasteiger partial charge is 0.306 e. The number of carbonyl (C=O) groups is 5. The number of carboxylic acid groups (broad SMARTS) is 1. The summed E-state index contributed by atoms with van der Waals surface area (Å²) >= 11 is 0. The van der Waals surface area contributed by atoms with E-state index in [2.05, 4.69) is 15.1 Å². The summed E-state index contributed by atoms with van der Waals surface area (Å²) in [5.41, 5.74) is 1.55. The van der Waals surface area contributed by atoms with Crippen molar-refractivity contribution < 1.29 is 29.1 Å². The topological polar surface area (TPSA) is 127 Å². The monoisotopic (exact) mass is 482 g/mol. The summed E-state index contributed by atoms with van der Waals surface area (Å²) in [6.45, 7) is 4.17. The number of carboxylic acids is 1. The first-order valence-corrected chi connectivity index (χ1v) is 12.4. The van der Waals surface area contributed by atoms with Gasteiger partial charge in [-0.05, 0) is 76.0 Å². The molecule has 0 saturated carbocycles. The van der Waals surface area contributed by atoms with Gasteiger partial charge < -0.3 is 10.0 Å². The van der Waals surface area contributed by atoms with Crippen LogP contribution in [0.4, 0.5) is 0 Å². The number of aliphatic carboxylic acids is 1. The summed E-state index contributed by atoms with van der Waals surface area (Å²) < 4.78 is 0. The van der Waals surface area contributed by atoms with Crippen molar-refractivity contribution in [3.63, 3.8) is 0 Å². The van der Waals surface area contributed by atoms with E-state index in [1.165, 1.54) is 0 Å². The Morgan fingerprint density at radius 3 is 2.26 bits per heavy atom. The average molecular weight is 483 g/mol. The van der Waals surface area contributed by atoms with E-state index in [0.29, 0.717) is 36.6 Å². The maximum atomic E-state index is 13.0. The number of hydrogen-bond acceptors (Lipinski definition) is 7. The van der Waals surface area contributed by atoms with Crippen molar-refractivity contribution >= 4 is 29.6 Å². The van der Waals surface area contributed by atoms with Crippen molar-refractivity contribution in [2.75, 3.05) is 26.2 Å². The number of amides is 4. The molecule has 0 radical (unpaired) electrons. The van der Waals surface area contributed by atoms with Crippen molar-refractivity contribution in [1.82, 2.24) is 20.0 Å². The van der Waals surface area contributed by atoms with Crippen LogP contribution in [0.1, 0.15) is 64.8 Å². The van der Waals surface area contributed by atoms with Gasteiger partial charge in [-0.25, -0.2) is 0 Å². The van der Waals surface area contributed by atoms with E-state index >= 15 is 0 Å². The zero-order valence-electron chi connectivity index (χ0n) is 19.6. The van der Waals surface area contributed by atoms with Crippen LogP contribution in [-0.2, 0) is 20.9 Å². The lowest BCUT2D eigenvalue weighted by molar-refractivity contribution is -0.143. The lowest BCUT2D eigenvalue weighted by atomic mass is 9.93. The van der Waals surface area contributed by atoms with Gasteiger partial charge in [0.05, 0.1) is 17.0 Å². The Morgan fingerprint density at radius 2 is 1.60 bits per heavy atom. The highest BCUT2D eigenvalue weighted by atomic mass is 16.4. The number of fused-ring (bicyclic) bond motifs is 1. The normalized spacial score (nSPS) is 25.1. The van der Waals surface area contributed by atoms with Crippen LogP contribution in [0.2, 0.25) is 0 Å². The third-order valence-corrected chi connectivity index (χ3v) is 7.86. The van der Waals surface area contributed by atoms with Crippen LogP contribution < -0.4 is 5.32 Å². The number of rotatable bonds is 5. The van der Waals surface area contributed by atoms with Crippen LogP contribution >= 0.6 is 0 Å². The summed E-state index contributed by atoms with van der Waals surface area (Å²) in [6, 6.07) is 4.80. The van der Waals surface area contributed by atoms with Gasteiger partial charge in [0.1, 0.15) is 6.04 Å². The van der Waals surface area contributed by atoms with Crippen molar-refractivity contribution in [2.45, 2.75) is 57.2 Å². The number of nitrogens with one attached hydrogen (secondary N) is 1. The molecule has 4 heterocycles. The Labute approximate surface area is 203 Å². The van der Waals surface area contributed by atoms with Crippen LogP contribution in [0, 0.1) is 5.92 Å². The Morgan fingerprint density at radius 1 is 0.914 bits per heavy atom. The molecular formula is C25H30N4O6. The van der Waals surface area contributed by atoms with Crippen molar-refractivity contribution in [2.24, 2.45) is 5.92 Å². The van der Waals surface area contributed by atoms with E-state index in [0.717, 1.165) is 49.5 Å². The molecule has 1 unspecified atom stereocenters. The highest BCUT2D eigenvalue weighted by Crippen LogP contribution is 2.29. The first-order chi connectivity index (χ1) is 16.8. The van der Waals surface area contributed by atoms with E-state index < -0.39 is 35.6 Å². The molecule has 1 aromatic carbocycles. The number of carbonyl (C=O) groups excluding carboxylic acids is 4. The molecule has 4 aliphatic rings. The summed E-state index contributed by atoms with van der Waals surface area (Å²) in [5, 5.41) is 11.4. The minimum Gasteiger partial charge on any atom is -0.481 e. The Hall–Kier alpha value is -3.11. The lowest BCUT2D eigenvalue weighted by Gasteiger charge is -2.41. The standard InChI is InChI=1S/C25H30N4O6/c30-21-4-3-20(22(31)26-21)29-23(32)18-2-1-15(13-19(18)24(29)33)14-27-9-7-17(8-10-27)28-11-5-16(6-12-28)25(34)35/h1-2,13,16-17,20H,3-12,14H2,(H,34,35)(H,26,30,31). The molecule has 4 amide bonds. The Balaban J connectivity index is 1.18. The lowest BCUT2D eigenvalue weighted by Crippen LogP contribution is -2.54. The predicted molar refractivity (Wildman–Crippen MR) is 123 cm³/mol. The zero-order valence-corrected chi connectivity index (χ0v) is 19.6. The Bertz CT molecular complexity index is 1070. The summed E-state index contributed by atoms with van der Waals surface area (Å²) in [7, 11) is 0. The maximum Gasteiger partial charge on any atom is 0.306 e. The third kappa shape index (κ3) is 4.60. The molecule has 0 aromatic heterocycles. The minimum absolute atomic E-state index is 0.0998. The first-order valence-electron chi connectivity index (χ1n) is 12.4. The molecule has 35 heavy (non-hydrogen) atoms. The van der Waals surface area contributed by atoms with E-state index in [-0.39, 0.29) is 18.8 Å². The fourth-order valence-corrected chi connectivity index (χ4v) is 5.83. The van der Waals surface area contributed by atoms with Crippen molar-refractivity contribution in [1.29, 1.82) is 0 Å². The van der Waals surface area contributed by atoms with Crippen LogP contribution in [0.3, 0.4) is 0 Å². The molecule has 0 aliphatic carbocycles.